The highest BCUT2D eigenvalue weighted by Crippen LogP contribution is 2.30. The monoisotopic (exact) mass is 426 g/mol. The lowest BCUT2D eigenvalue weighted by Gasteiger charge is -2.31. The zero-order chi connectivity index (χ0) is 20.9. The number of carbonyl (C=O) groups is 1. The second-order valence-electron chi connectivity index (χ2n) is 7.33. The van der Waals surface area contributed by atoms with Gasteiger partial charge in [-0.3, -0.25) is 4.79 Å². The fraction of sp³-hybridized carbons (Fsp3) is 0.409. The van der Waals surface area contributed by atoms with Crippen LogP contribution in [-0.4, -0.2) is 49.7 Å². The van der Waals surface area contributed by atoms with E-state index in [9.17, 15) is 4.79 Å². The molecule has 1 aliphatic heterocycles. The summed E-state index contributed by atoms with van der Waals surface area (Å²) < 4.78 is 10.7. The van der Waals surface area contributed by atoms with Gasteiger partial charge in [0.15, 0.2) is 5.13 Å². The number of hydrogen-bond acceptors (Lipinski definition) is 7. The first-order chi connectivity index (χ1) is 14.7. The van der Waals surface area contributed by atoms with E-state index in [1.54, 1.807) is 31.8 Å². The van der Waals surface area contributed by atoms with Gasteiger partial charge in [-0.15, -0.1) is 0 Å². The van der Waals surface area contributed by atoms with Gasteiger partial charge >= 0.3 is 0 Å². The first kappa shape index (κ1) is 20.4. The van der Waals surface area contributed by atoms with E-state index >= 15 is 0 Å². The smallest absolute Gasteiger partial charge is 0.224 e. The summed E-state index contributed by atoms with van der Waals surface area (Å²) in [6.45, 7) is 2.19. The Labute approximate surface area is 180 Å². The molecule has 7 nitrogen and oxygen atoms in total. The van der Waals surface area contributed by atoms with Crippen molar-refractivity contribution >= 4 is 32.7 Å². The highest BCUT2D eigenvalue weighted by molar-refractivity contribution is 7.21. The zero-order valence-electron chi connectivity index (χ0n) is 17.3. The SMILES string of the molecule is COc1ccc(CCNC(=O)C2CCCN(c3nc4cccnc4s3)C2)c(OC)c1. The van der Waals surface area contributed by atoms with Crippen LogP contribution in [0.3, 0.4) is 0 Å². The number of nitrogens with zero attached hydrogens (tertiary/aromatic N) is 3. The minimum atomic E-state index is -0.0310. The van der Waals surface area contributed by atoms with Gasteiger partial charge in [0, 0.05) is 31.9 Å². The molecule has 1 saturated heterocycles. The maximum absolute atomic E-state index is 12.8. The van der Waals surface area contributed by atoms with Crippen molar-refractivity contribution in [2.75, 3.05) is 38.8 Å². The Morgan fingerprint density at radius 2 is 2.20 bits per heavy atom. The van der Waals surface area contributed by atoms with Gasteiger partial charge in [-0.2, -0.15) is 0 Å². The summed E-state index contributed by atoms with van der Waals surface area (Å²) in [5.74, 6) is 1.60. The van der Waals surface area contributed by atoms with E-state index in [4.69, 9.17) is 14.5 Å². The number of methoxy groups -OCH3 is 2. The van der Waals surface area contributed by atoms with E-state index < -0.39 is 0 Å². The molecule has 0 radical (unpaired) electrons. The fourth-order valence-corrected chi connectivity index (χ4v) is 4.73. The summed E-state index contributed by atoms with van der Waals surface area (Å²) in [6, 6.07) is 9.63. The maximum atomic E-state index is 12.8. The Kier molecular flexibility index (Phi) is 6.32. The molecular weight excluding hydrogens is 400 g/mol. The second kappa shape index (κ2) is 9.30. The van der Waals surface area contributed by atoms with Crippen molar-refractivity contribution in [2.45, 2.75) is 19.3 Å². The van der Waals surface area contributed by atoms with E-state index in [0.29, 0.717) is 19.5 Å². The fourth-order valence-electron chi connectivity index (χ4n) is 3.78. The van der Waals surface area contributed by atoms with Crippen molar-refractivity contribution in [1.82, 2.24) is 15.3 Å². The highest BCUT2D eigenvalue weighted by atomic mass is 32.1. The molecule has 0 aliphatic carbocycles. The average molecular weight is 427 g/mol. The highest BCUT2D eigenvalue weighted by Gasteiger charge is 2.27. The third-order valence-electron chi connectivity index (χ3n) is 5.41. The summed E-state index contributed by atoms with van der Waals surface area (Å²) in [4.78, 5) is 25.0. The number of pyridine rings is 1. The van der Waals surface area contributed by atoms with Crippen molar-refractivity contribution in [3.05, 3.63) is 42.1 Å². The van der Waals surface area contributed by atoms with Gasteiger partial charge in [-0.1, -0.05) is 17.4 Å². The number of ether oxygens (including phenoxy) is 2. The van der Waals surface area contributed by atoms with Gasteiger partial charge in [-0.05, 0) is 43.0 Å². The molecule has 1 unspecified atom stereocenters. The lowest BCUT2D eigenvalue weighted by molar-refractivity contribution is -0.125. The molecule has 0 spiro atoms. The molecule has 0 bridgehead atoms. The van der Waals surface area contributed by atoms with E-state index in [1.807, 2.05) is 30.3 Å². The van der Waals surface area contributed by atoms with Crippen LogP contribution in [0.5, 0.6) is 11.5 Å². The Hall–Kier alpha value is -2.87. The molecule has 2 aromatic heterocycles. The number of aromatic nitrogens is 2. The molecule has 4 rings (SSSR count). The molecule has 1 aliphatic rings. The first-order valence-electron chi connectivity index (χ1n) is 10.1. The van der Waals surface area contributed by atoms with Crippen LogP contribution in [0, 0.1) is 5.92 Å². The van der Waals surface area contributed by atoms with Crippen LogP contribution in [0.15, 0.2) is 36.5 Å². The van der Waals surface area contributed by atoms with Crippen molar-refractivity contribution in [3.63, 3.8) is 0 Å². The molecule has 158 valence electrons. The molecule has 1 atom stereocenters. The van der Waals surface area contributed by atoms with Crippen LogP contribution in [0.1, 0.15) is 18.4 Å². The Morgan fingerprint density at radius 3 is 3.00 bits per heavy atom. The second-order valence-corrected chi connectivity index (χ2v) is 8.28. The van der Waals surface area contributed by atoms with Crippen LogP contribution in [0.2, 0.25) is 0 Å². The number of thiazole rings is 1. The number of anilines is 1. The molecular formula is C22H26N4O3S. The molecule has 3 aromatic rings. The molecule has 0 saturated carbocycles. The van der Waals surface area contributed by atoms with Crippen LogP contribution < -0.4 is 19.7 Å². The normalized spacial score (nSPS) is 16.5. The van der Waals surface area contributed by atoms with Gasteiger partial charge in [0.2, 0.25) is 5.91 Å². The van der Waals surface area contributed by atoms with Gasteiger partial charge in [0.25, 0.3) is 0 Å². The standard InChI is InChI=1S/C22H26N4O3S/c1-28-17-8-7-15(19(13-17)29-2)9-11-23-20(27)16-5-4-12-26(14-16)22-25-18-6-3-10-24-21(18)30-22/h3,6-8,10,13,16H,4-5,9,11-12,14H2,1-2H3,(H,23,27). The number of nitrogens with one attached hydrogen (secondary N) is 1. The number of piperidine rings is 1. The largest absolute Gasteiger partial charge is 0.497 e. The number of benzene rings is 1. The van der Waals surface area contributed by atoms with Crippen LogP contribution in [-0.2, 0) is 11.2 Å². The molecule has 1 aromatic carbocycles. The number of carbonyl (C=O) groups excluding carboxylic acids is 1. The Balaban J connectivity index is 1.33. The quantitative estimate of drug-likeness (QED) is 0.625. The van der Waals surface area contributed by atoms with Gasteiger partial charge in [-0.25, -0.2) is 9.97 Å². The topological polar surface area (TPSA) is 76.6 Å². The lowest BCUT2D eigenvalue weighted by atomic mass is 9.97. The number of amides is 1. The van der Waals surface area contributed by atoms with Gasteiger partial charge in [0.05, 0.1) is 20.1 Å². The van der Waals surface area contributed by atoms with Crippen molar-refractivity contribution in [3.8, 4) is 11.5 Å². The summed E-state index contributed by atoms with van der Waals surface area (Å²) in [7, 11) is 3.28. The predicted octanol–water partition coefficient (Wildman–Crippen LogP) is 3.28. The van der Waals surface area contributed by atoms with Crippen LogP contribution >= 0.6 is 11.3 Å². The molecule has 30 heavy (non-hydrogen) atoms. The minimum Gasteiger partial charge on any atom is -0.497 e. The van der Waals surface area contributed by atoms with Crippen molar-refractivity contribution in [1.29, 1.82) is 0 Å². The average Bonchev–Trinajstić information content (AvgIpc) is 3.23. The molecule has 1 N–H and O–H groups in total. The maximum Gasteiger partial charge on any atom is 0.224 e. The van der Waals surface area contributed by atoms with Crippen LogP contribution in [0.25, 0.3) is 10.3 Å². The summed E-state index contributed by atoms with van der Waals surface area (Å²) in [6.07, 6.45) is 4.37. The zero-order valence-corrected chi connectivity index (χ0v) is 18.1. The minimum absolute atomic E-state index is 0.0310. The van der Waals surface area contributed by atoms with E-state index in [1.165, 1.54) is 0 Å². The summed E-state index contributed by atoms with van der Waals surface area (Å²) >= 11 is 1.59. The number of fused-ring (bicyclic) bond motifs is 1. The predicted molar refractivity (Wildman–Crippen MR) is 119 cm³/mol. The number of hydrogen-bond donors (Lipinski definition) is 1. The van der Waals surface area contributed by atoms with Crippen molar-refractivity contribution < 1.29 is 14.3 Å². The molecule has 8 heteroatoms. The Morgan fingerprint density at radius 1 is 1.30 bits per heavy atom. The Bertz CT molecular complexity index is 990. The van der Waals surface area contributed by atoms with E-state index in [2.05, 4.69) is 15.2 Å². The van der Waals surface area contributed by atoms with Gasteiger partial charge in [0.1, 0.15) is 21.8 Å². The van der Waals surface area contributed by atoms with E-state index in [-0.39, 0.29) is 11.8 Å². The lowest BCUT2D eigenvalue weighted by Crippen LogP contribution is -2.43. The van der Waals surface area contributed by atoms with Crippen LogP contribution in [0.4, 0.5) is 5.13 Å². The molecule has 1 amide bonds. The number of rotatable bonds is 7. The van der Waals surface area contributed by atoms with E-state index in [0.717, 1.165) is 51.9 Å². The summed E-state index contributed by atoms with van der Waals surface area (Å²) in [5, 5.41) is 4.05. The van der Waals surface area contributed by atoms with Gasteiger partial charge < -0.3 is 19.7 Å². The molecule has 1 fully saturated rings. The summed E-state index contributed by atoms with van der Waals surface area (Å²) in [5.41, 5.74) is 1.96. The third-order valence-corrected chi connectivity index (χ3v) is 6.45. The first-order valence-corrected chi connectivity index (χ1v) is 10.9. The van der Waals surface area contributed by atoms with Crippen molar-refractivity contribution in [2.24, 2.45) is 5.92 Å². The molecule has 3 heterocycles. The third kappa shape index (κ3) is 4.48.